The second-order valence-corrected chi connectivity index (χ2v) is 3.26. The molecule has 0 rings (SSSR count). The second-order valence-electron chi connectivity index (χ2n) is 2.56. The van der Waals surface area contributed by atoms with E-state index >= 15 is 0 Å². The number of ether oxygens (including phenoxy) is 2. The van der Waals surface area contributed by atoms with Gasteiger partial charge in [0.05, 0.1) is 13.2 Å². The van der Waals surface area contributed by atoms with E-state index in [1.807, 2.05) is 6.92 Å². The van der Waals surface area contributed by atoms with Crippen LogP contribution in [0, 0.1) is 0 Å². The normalized spacial score (nSPS) is 16.0. The molecule has 4 heteroatoms. The zero-order valence-electron chi connectivity index (χ0n) is 7.75. The Kier molecular flexibility index (Phi) is 6.84. The molecule has 0 aromatic heterocycles. The van der Waals surface area contributed by atoms with Gasteiger partial charge in [-0.1, -0.05) is 13.8 Å². The fraction of sp³-hybridized carbons (Fsp3) is 1.00. The van der Waals surface area contributed by atoms with Crippen molar-refractivity contribution in [3.05, 3.63) is 0 Å². The van der Waals surface area contributed by atoms with E-state index in [9.17, 15) is 5.11 Å². The Morgan fingerprint density at radius 2 is 1.92 bits per heavy atom. The first-order valence-electron chi connectivity index (χ1n) is 4.29. The van der Waals surface area contributed by atoms with Crippen LogP contribution in [-0.4, -0.2) is 30.0 Å². The van der Waals surface area contributed by atoms with Gasteiger partial charge >= 0.3 is 0 Å². The summed E-state index contributed by atoms with van der Waals surface area (Å²) in [4.78, 5) is 0. The first kappa shape index (κ1) is 12.2. The molecule has 0 heterocycles. The van der Waals surface area contributed by atoms with Crippen LogP contribution >= 0.6 is 12.6 Å². The topological polar surface area (TPSA) is 38.7 Å². The average Bonchev–Trinajstić information content (AvgIpc) is 2.04. The van der Waals surface area contributed by atoms with E-state index in [1.165, 1.54) is 0 Å². The van der Waals surface area contributed by atoms with E-state index in [2.05, 4.69) is 12.6 Å². The summed E-state index contributed by atoms with van der Waals surface area (Å²) < 4.78 is 10.2. The Morgan fingerprint density at radius 1 is 1.25 bits per heavy atom. The van der Waals surface area contributed by atoms with Gasteiger partial charge in [-0.15, -0.1) is 12.6 Å². The summed E-state index contributed by atoms with van der Waals surface area (Å²) in [5, 5.41) is 7.97. The zero-order chi connectivity index (χ0) is 9.45. The lowest BCUT2D eigenvalue weighted by molar-refractivity contribution is -0.140. The first-order valence-corrected chi connectivity index (χ1v) is 4.73. The molecule has 0 saturated carbocycles. The molecule has 0 saturated heterocycles. The van der Waals surface area contributed by atoms with Gasteiger partial charge in [0, 0.05) is 13.0 Å². The lowest BCUT2D eigenvalue weighted by Crippen LogP contribution is -2.25. The van der Waals surface area contributed by atoms with Gasteiger partial charge in [-0.05, 0) is 6.42 Å². The summed E-state index contributed by atoms with van der Waals surface area (Å²) in [6.45, 7) is 5.48. The molecule has 3 nitrogen and oxygen atoms in total. The molecule has 0 aromatic rings. The third kappa shape index (κ3) is 6.91. The maximum Gasteiger partial charge on any atom is 0.212 e. The fourth-order valence-corrected chi connectivity index (χ4v) is 0.704. The summed E-state index contributed by atoms with van der Waals surface area (Å²) in [5.74, 6) is 0. The maximum atomic E-state index is 9.27. The van der Waals surface area contributed by atoms with Gasteiger partial charge < -0.3 is 14.6 Å². The molecule has 0 spiro atoms. The number of rotatable bonds is 7. The molecule has 0 aromatic carbocycles. The minimum atomic E-state index is -1.30. The number of hydrogen-bond acceptors (Lipinski definition) is 4. The Balaban J connectivity index is 3.19. The van der Waals surface area contributed by atoms with Crippen molar-refractivity contribution in [2.45, 2.75) is 31.8 Å². The third-order valence-corrected chi connectivity index (χ3v) is 1.82. The monoisotopic (exact) mass is 194 g/mol. The summed E-state index contributed by atoms with van der Waals surface area (Å²) in [6.07, 6.45) is 1.46. The van der Waals surface area contributed by atoms with Gasteiger partial charge in [0.2, 0.25) is 5.12 Å². The molecule has 0 amide bonds. The molecule has 12 heavy (non-hydrogen) atoms. The lowest BCUT2D eigenvalue weighted by atomic mass is 10.5. The molecule has 0 fully saturated rings. The zero-order valence-corrected chi connectivity index (χ0v) is 8.64. The SMILES string of the molecule is CCCOCCOC(O)(S)CC. The summed E-state index contributed by atoms with van der Waals surface area (Å²) in [6, 6.07) is 0. The predicted octanol–water partition coefficient (Wildman–Crippen LogP) is 1.42. The van der Waals surface area contributed by atoms with E-state index in [-0.39, 0.29) is 0 Å². The molecule has 0 radical (unpaired) electrons. The van der Waals surface area contributed by atoms with Crippen molar-refractivity contribution >= 4 is 12.6 Å². The van der Waals surface area contributed by atoms with Gasteiger partial charge in [0.1, 0.15) is 0 Å². The van der Waals surface area contributed by atoms with Crippen molar-refractivity contribution in [2.75, 3.05) is 19.8 Å². The van der Waals surface area contributed by atoms with Crippen LogP contribution in [0.15, 0.2) is 0 Å². The summed E-state index contributed by atoms with van der Waals surface area (Å²) in [5.41, 5.74) is 0. The van der Waals surface area contributed by atoms with E-state index in [0.29, 0.717) is 19.6 Å². The smallest absolute Gasteiger partial charge is 0.212 e. The van der Waals surface area contributed by atoms with E-state index < -0.39 is 5.12 Å². The molecule has 0 bridgehead atoms. The quantitative estimate of drug-likeness (QED) is 0.366. The van der Waals surface area contributed by atoms with Crippen LogP contribution in [0.3, 0.4) is 0 Å². The summed E-state index contributed by atoms with van der Waals surface area (Å²) in [7, 11) is 0. The standard InChI is InChI=1S/C8H18O3S/c1-3-5-10-6-7-11-8(9,12)4-2/h9,12H,3-7H2,1-2H3. The fourth-order valence-electron chi connectivity index (χ4n) is 0.613. The second kappa shape index (κ2) is 6.71. The average molecular weight is 194 g/mol. The Morgan fingerprint density at radius 3 is 2.42 bits per heavy atom. The van der Waals surface area contributed by atoms with Crippen LogP contribution in [0.4, 0.5) is 0 Å². The molecule has 0 aliphatic carbocycles. The highest BCUT2D eigenvalue weighted by Gasteiger charge is 2.18. The van der Waals surface area contributed by atoms with Gasteiger partial charge in [0.15, 0.2) is 0 Å². The number of aliphatic hydroxyl groups is 1. The van der Waals surface area contributed by atoms with Crippen LogP contribution in [-0.2, 0) is 9.47 Å². The largest absolute Gasteiger partial charge is 0.379 e. The highest BCUT2D eigenvalue weighted by atomic mass is 32.1. The van der Waals surface area contributed by atoms with Gasteiger partial charge in [0.25, 0.3) is 0 Å². The van der Waals surface area contributed by atoms with Crippen LogP contribution in [0.5, 0.6) is 0 Å². The van der Waals surface area contributed by atoms with Crippen molar-refractivity contribution < 1.29 is 14.6 Å². The van der Waals surface area contributed by atoms with Gasteiger partial charge in [-0.3, -0.25) is 0 Å². The van der Waals surface area contributed by atoms with E-state index in [1.54, 1.807) is 6.92 Å². The minimum Gasteiger partial charge on any atom is -0.379 e. The van der Waals surface area contributed by atoms with Crippen molar-refractivity contribution in [1.29, 1.82) is 0 Å². The Hall–Kier alpha value is 0.230. The Labute approximate surface area is 79.5 Å². The highest BCUT2D eigenvalue weighted by molar-refractivity contribution is 7.81. The van der Waals surface area contributed by atoms with Crippen LogP contribution in [0.1, 0.15) is 26.7 Å². The van der Waals surface area contributed by atoms with Crippen LogP contribution in [0.2, 0.25) is 0 Å². The van der Waals surface area contributed by atoms with Gasteiger partial charge in [-0.2, -0.15) is 0 Å². The number of thiol groups is 1. The molecular weight excluding hydrogens is 176 g/mol. The minimum absolute atomic E-state index is 0.383. The number of hydrogen-bond donors (Lipinski definition) is 2. The Bertz CT molecular complexity index is 106. The molecule has 74 valence electrons. The third-order valence-electron chi connectivity index (χ3n) is 1.37. The molecular formula is C8H18O3S. The summed E-state index contributed by atoms with van der Waals surface area (Å²) >= 11 is 3.89. The first-order chi connectivity index (χ1) is 5.62. The lowest BCUT2D eigenvalue weighted by Gasteiger charge is -2.20. The van der Waals surface area contributed by atoms with Crippen molar-refractivity contribution in [3.63, 3.8) is 0 Å². The molecule has 0 aliphatic heterocycles. The van der Waals surface area contributed by atoms with Crippen LogP contribution < -0.4 is 0 Å². The van der Waals surface area contributed by atoms with E-state index in [4.69, 9.17) is 9.47 Å². The van der Waals surface area contributed by atoms with Crippen molar-refractivity contribution in [3.8, 4) is 0 Å². The van der Waals surface area contributed by atoms with Gasteiger partial charge in [-0.25, -0.2) is 0 Å². The maximum absolute atomic E-state index is 9.27. The van der Waals surface area contributed by atoms with Crippen molar-refractivity contribution in [1.82, 2.24) is 0 Å². The molecule has 1 unspecified atom stereocenters. The van der Waals surface area contributed by atoms with E-state index in [0.717, 1.165) is 13.0 Å². The highest BCUT2D eigenvalue weighted by Crippen LogP contribution is 2.15. The molecule has 0 aliphatic rings. The molecule has 1 atom stereocenters. The van der Waals surface area contributed by atoms with Crippen LogP contribution in [0.25, 0.3) is 0 Å². The van der Waals surface area contributed by atoms with Crippen molar-refractivity contribution in [2.24, 2.45) is 0 Å². The molecule has 1 N–H and O–H groups in total. The predicted molar refractivity (Wildman–Crippen MR) is 51.3 cm³/mol.